The van der Waals surface area contributed by atoms with Gasteiger partial charge in [0.15, 0.2) is 0 Å². The predicted octanol–water partition coefficient (Wildman–Crippen LogP) is 10.1. The molecule has 24 heteroatoms. The van der Waals surface area contributed by atoms with Crippen molar-refractivity contribution < 1.29 is 85.4 Å². The molecule has 0 aliphatic rings. The maximum atomic E-state index is 14.6. The number of carbonyl (C=O) groups excluding carboxylic acids is 4. The Hall–Kier alpha value is -6.62. The van der Waals surface area contributed by atoms with Crippen molar-refractivity contribution in [3.05, 3.63) is 117 Å². The fourth-order valence-corrected chi connectivity index (χ4v) is 6.95. The normalized spacial score (nSPS) is 12.5. The fraction of sp³-hybridized carbons (Fsp3) is 0.349. The summed E-state index contributed by atoms with van der Waals surface area (Å²) in [5, 5.41) is 0. The van der Waals surface area contributed by atoms with Crippen molar-refractivity contribution in [3.8, 4) is 0 Å². The summed E-state index contributed by atoms with van der Waals surface area (Å²) in [5.74, 6) is -2.98. The summed E-state index contributed by atoms with van der Waals surface area (Å²) in [6.07, 6.45) is -25.8. The van der Waals surface area contributed by atoms with E-state index in [-0.39, 0.29) is 82.1 Å². The highest BCUT2D eigenvalue weighted by Crippen LogP contribution is 2.55. The van der Waals surface area contributed by atoms with Crippen LogP contribution in [0.1, 0.15) is 66.9 Å². The molecule has 3 amide bonds. The van der Waals surface area contributed by atoms with Gasteiger partial charge in [-0.05, 0) is 86.3 Å². The number of benzene rings is 4. The molecule has 0 radical (unpaired) electrons. The number of primary amides is 1. The van der Waals surface area contributed by atoms with Gasteiger partial charge in [0.05, 0.1) is 13.5 Å². The van der Waals surface area contributed by atoms with E-state index in [1.165, 1.54) is 48.5 Å². The second-order valence-electron chi connectivity index (χ2n) is 14.9. The smallest absolute Gasteiger partial charge is 0.435 e. The van der Waals surface area contributed by atoms with Crippen LogP contribution >= 0.6 is 0 Å². The molecule has 4 aromatic rings. The van der Waals surface area contributed by atoms with Crippen molar-refractivity contribution in [2.75, 3.05) is 41.5 Å². The monoisotopic (exact) mass is 973 g/mol. The third-order valence-corrected chi connectivity index (χ3v) is 9.99. The molecule has 0 heterocycles. The molecule has 0 fully saturated rings. The van der Waals surface area contributed by atoms with Crippen LogP contribution in [0, 0.1) is 27.7 Å². The van der Waals surface area contributed by atoms with Gasteiger partial charge < -0.3 is 31.7 Å². The fourth-order valence-electron chi connectivity index (χ4n) is 6.95. The Labute approximate surface area is 372 Å². The zero-order chi connectivity index (χ0) is 51.4. The molecule has 6 N–H and O–H groups in total. The van der Waals surface area contributed by atoms with Crippen molar-refractivity contribution >= 4 is 46.4 Å². The van der Waals surface area contributed by atoms with Crippen LogP contribution < -0.4 is 27.0 Å². The number of alkyl halides is 14. The molecule has 0 saturated carbocycles. The lowest BCUT2D eigenvalue weighted by atomic mass is 9.90. The van der Waals surface area contributed by atoms with Crippen LogP contribution in [-0.2, 0) is 25.7 Å². The molecule has 0 atom stereocenters. The summed E-state index contributed by atoms with van der Waals surface area (Å²) in [6, 6.07) is 12.8. The molecule has 366 valence electrons. The number of esters is 1. The van der Waals surface area contributed by atoms with Gasteiger partial charge in [0.1, 0.15) is 0 Å². The van der Waals surface area contributed by atoms with Crippen molar-refractivity contribution in [1.82, 2.24) is 0 Å². The molecule has 0 aliphatic heterocycles. The first-order valence-corrected chi connectivity index (χ1v) is 19.1. The lowest BCUT2D eigenvalue weighted by molar-refractivity contribution is -0.349. The van der Waals surface area contributed by atoms with Gasteiger partial charge in [0.25, 0.3) is 11.8 Å². The molecule has 67 heavy (non-hydrogen) atoms. The highest BCUT2D eigenvalue weighted by atomic mass is 19.4. The molecule has 4 aromatic carbocycles. The Bertz CT molecular complexity index is 2410. The van der Waals surface area contributed by atoms with E-state index in [1.807, 2.05) is 0 Å². The average molecular weight is 974 g/mol. The van der Waals surface area contributed by atoms with E-state index in [2.05, 4.69) is 4.74 Å². The summed E-state index contributed by atoms with van der Waals surface area (Å²) in [4.78, 5) is 51.2. The number of aryl methyl sites for hydroxylation is 4. The minimum absolute atomic E-state index is 0.0489. The van der Waals surface area contributed by atoms with Crippen LogP contribution in [0.2, 0.25) is 0 Å². The Morgan fingerprint density at radius 1 is 0.507 bits per heavy atom. The Kier molecular flexibility index (Phi) is 16.4. The van der Waals surface area contributed by atoms with Gasteiger partial charge in [-0.3, -0.25) is 19.2 Å². The van der Waals surface area contributed by atoms with Crippen molar-refractivity contribution in [1.29, 1.82) is 0 Å². The maximum Gasteiger partial charge on any atom is 0.435 e. The molecule has 0 aromatic heterocycles. The minimum Gasteiger partial charge on any atom is -0.469 e. The third-order valence-electron chi connectivity index (χ3n) is 9.99. The van der Waals surface area contributed by atoms with Gasteiger partial charge in [-0.2, -0.15) is 52.7 Å². The second kappa shape index (κ2) is 20.1. The van der Waals surface area contributed by atoms with Crippen LogP contribution in [0.3, 0.4) is 0 Å². The maximum absolute atomic E-state index is 14.6. The summed E-state index contributed by atoms with van der Waals surface area (Å²) in [5.41, 5.74) is 1.31. The molecule has 4 rings (SSSR count). The van der Waals surface area contributed by atoms with Crippen LogP contribution in [-0.4, -0.2) is 68.6 Å². The molecule has 0 spiro atoms. The number of carbonyl (C=O) groups is 4. The molecule has 0 unspecified atom stereocenters. The third kappa shape index (κ3) is 11.7. The van der Waals surface area contributed by atoms with Gasteiger partial charge >= 0.3 is 42.0 Å². The number of anilines is 4. The zero-order valence-electron chi connectivity index (χ0n) is 35.7. The topological polar surface area (TPSA) is 162 Å². The number of hydrogen-bond acceptors (Lipinski definition) is 7. The van der Waals surface area contributed by atoms with E-state index in [9.17, 15) is 80.6 Å². The number of nitrogen functional groups attached to an aromatic ring is 2. The highest BCUT2D eigenvalue weighted by molar-refractivity contribution is 6.08. The zero-order valence-corrected chi connectivity index (χ0v) is 35.7. The first-order chi connectivity index (χ1) is 30.5. The van der Waals surface area contributed by atoms with Crippen molar-refractivity contribution in [2.45, 2.75) is 76.6 Å². The number of halogens is 14. The number of amides is 3. The quantitative estimate of drug-likeness (QED) is 0.0723. The largest absolute Gasteiger partial charge is 0.469 e. The van der Waals surface area contributed by atoms with Gasteiger partial charge in [-0.15, -0.1) is 0 Å². The average Bonchev–Trinajstić information content (AvgIpc) is 3.19. The number of nitrogens with zero attached hydrogens (tertiary/aromatic N) is 2. The lowest BCUT2D eigenvalue weighted by Crippen LogP contribution is -2.50. The number of methoxy groups -OCH3 is 1. The molecule has 10 nitrogen and oxygen atoms in total. The number of hydrogen-bond donors (Lipinski definition) is 3. The van der Waals surface area contributed by atoms with Gasteiger partial charge in [-0.25, -0.2) is 8.78 Å². The van der Waals surface area contributed by atoms with E-state index in [0.29, 0.717) is 24.3 Å². The van der Waals surface area contributed by atoms with Gasteiger partial charge in [-0.1, -0.05) is 36.4 Å². The highest BCUT2D eigenvalue weighted by Gasteiger charge is 2.74. The SMILES string of the molecule is COC(=O)CCN(C(=O)c1cccc(N)c1)c1c(C)cc(C(F)(C(F)(F)F)C(F)(F)F)cc1C.Cc1cc(C(F)(C(F)(F)F)C(F)(F)F)cc(C)c1N(CCC(N)=O)C(=O)c1cccc(N)c1. The minimum atomic E-state index is -6.28. The molecule has 0 bridgehead atoms. The first-order valence-electron chi connectivity index (χ1n) is 19.1. The summed E-state index contributed by atoms with van der Waals surface area (Å²) in [7, 11) is 1.10. The van der Waals surface area contributed by atoms with E-state index in [1.54, 1.807) is 0 Å². The predicted molar refractivity (Wildman–Crippen MR) is 217 cm³/mol. The standard InChI is InChI=1S/C22H21F7N2O3.C21H20F7N3O2/c1-12-9-15(20(23,21(24,25)26)22(27,28)29)10-13(2)18(12)31(8-7-17(32)34-3)19(33)14-5-4-6-16(30)11-14;1-11-8-14(19(22,20(23,24)25)21(26,27)28)9-12(2)17(11)31(7-6-16(30)32)18(33)13-4-3-5-15(29)10-13/h4-6,9-11H,7-8,30H2,1-3H3;3-5,8-10H,6-7,29H2,1-2H3,(H2,30,32). The van der Waals surface area contributed by atoms with Crippen molar-refractivity contribution in [2.24, 2.45) is 5.73 Å². The van der Waals surface area contributed by atoms with Crippen LogP contribution in [0.15, 0.2) is 72.8 Å². The molecule has 0 aliphatic carbocycles. The van der Waals surface area contributed by atoms with Gasteiger partial charge in [0, 0.05) is 64.5 Å². The van der Waals surface area contributed by atoms with E-state index >= 15 is 0 Å². The van der Waals surface area contributed by atoms with Gasteiger partial charge in [0.2, 0.25) is 5.91 Å². The number of ether oxygens (including phenoxy) is 1. The van der Waals surface area contributed by atoms with Crippen LogP contribution in [0.5, 0.6) is 0 Å². The number of rotatable bonds is 12. The Morgan fingerprint density at radius 2 is 0.806 bits per heavy atom. The summed E-state index contributed by atoms with van der Waals surface area (Å²) < 4.78 is 192. The van der Waals surface area contributed by atoms with Crippen LogP contribution in [0.25, 0.3) is 0 Å². The Balaban J connectivity index is 0.000000355. The second-order valence-corrected chi connectivity index (χ2v) is 14.9. The summed E-state index contributed by atoms with van der Waals surface area (Å²) >= 11 is 0. The van der Waals surface area contributed by atoms with Crippen molar-refractivity contribution in [3.63, 3.8) is 0 Å². The number of nitrogens with two attached hydrogens (primary N) is 3. The van der Waals surface area contributed by atoms with E-state index in [0.717, 1.165) is 44.6 Å². The molecular formula is C43H41F14N5O5. The molecular weight excluding hydrogens is 932 g/mol. The van der Waals surface area contributed by atoms with Crippen LogP contribution in [0.4, 0.5) is 84.2 Å². The summed E-state index contributed by atoms with van der Waals surface area (Å²) in [6.45, 7) is 3.88. The van der Waals surface area contributed by atoms with E-state index in [4.69, 9.17) is 17.2 Å². The van der Waals surface area contributed by atoms with E-state index < -0.39 is 70.9 Å². The first kappa shape index (κ1) is 54.7. The lowest BCUT2D eigenvalue weighted by Gasteiger charge is -2.32. The Morgan fingerprint density at radius 3 is 1.06 bits per heavy atom. The molecule has 0 saturated heterocycles.